The van der Waals surface area contributed by atoms with E-state index in [1.54, 1.807) is 0 Å². The van der Waals surface area contributed by atoms with Gasteiger partial charge in [-0.05, 0) is 57.8 Å². The van der Waals surface area contributed by atoms with E-state index in [0.717, 1.165) is 6.42 Å². The fourth-order valence-electron chi connectivity index (χ4n) is 4.53. The van der Waals surface area contributed by atoms with E-state index in [0.29, 0.717) is 6.61 Å². The molecule has 0 bridgehead atoms. The van der Waals surface area contributed by atoms with Crippen LogP contribution in [-0.4, -0.2) is 11.7 Å². The summed E-state index contributed by atoms with van der Waals surface area (Å²) < 4.78 is 0. The maximum atomic E-state index is 8.76. The van der Waals surface area contributed by atoms with Gasteiger partial charge in [0, 0.05) is 6.61 Å². The molecule has 0 unspecified atom stereocenters. The smallest absolute Gasteiger partial charge is 0.0431 e. The Hall–Kier alpha value is -0.560. The SMILES string of the molecule is CCCCCCCCC=CCCCCCCCC=CCCCCCCCCCCCCCO. The highest BCUT2D eigenvalue weighted by Gasteiger charge is 1.94. The van der Waals surface area contributed by atoms with Gasteiger partial charge in [-0.2, -0.15) is 0 Å². The number of unbranched alkanes of at least 4 members (excludes halogenated alkanes) is 23. The van der Waals surface area contributed by atoms with Crippen LogP contribution in [0.25, 0.3) is 0 Å². The van der Waals surface area contributed by atoms with Gasteiger partial charge in [0.1, 0.15) is 0 Å². The van der Waals surface area contributed by atoms with Gasteiger partial charge in [-0.1, -0.05) is 140 Å². The second-order valence-electron chi connectivity index (χ2n) is 10.2. The summed E-state index contributed by atoms with van der Waals surface area (Å²) in [5.74, 6) is 0. The number of rotatable bonds is 28. The summed E-state index contributed by atoms with van der Waals surface area (Å²) in [5.41, 5.74) is 0. The Labute approximate surface area is 209 Å². The summed E-state index contributed by atoms with van der Waals surface area (Å²) in [5, 5.41) is 8.76. The number of allylic oxidation sites excluding steroid dienone is 4. The van der Waals surface area contributed by atoms with Crippen molar-refractivity contribution >= 4 is 0 Å². The van der Waals surface area contributed by atoms with Crippen LogP contribution >= 0.6 is 0 Å². The van der Waals surface area contributed by atoms with Crippen LogP contribution in [0.3, 0.4) is 0 Å². The Morgan fingerprint density at radius 2 is 0.576 bits per heavy atom. The lowest BCUT2D eigenvalue weighted by molar-refractivity contribution is 0.282. The van der Waals surface area contributed by atoms with E-state index in [4.69, 9.17) is 5.11 Å². The maximum Gasteiger partial charge on any atom is 0.0431 e. The van der Waals surface area contributed by atoms with E-state index in [2.05, 4.69) is 31.2 Å². The Morgan fingerprint density at radius 1 is 0.333 bits per heavy atom. The van der Waals surface area contributed by atoms with Crippen LogP contribution in [0.15, 0.2) is 24.3 Å². The lowest BCUT2D eigenvalue weighted by Crippen LogP contribution is -1.84. The minimum Gasteiger partial charge on any atom is -0.396 e. The molecule has 33 heavy (non-hydrogen) atoms. The summed E-state index contributed by atoms with van der Waals surface area (Å²) in [7, 11) is 0. The zero-order valence-corrected chi connectivity index (χ0v) is 22.8. The molecule has 1 N–H and O–H groups in total. The minimum atomic E-state index is 0.368. The highest BCUT2D eigenvalue weighted by atomic mass is 16.2. The largest absolute Gasteiger partial charge is 0.396 e. The topological polar surface area (TPSA) is 20.2 Å². The number of hydrogen-bond donors (Lipinski definition) is 1. The molecule has 0 aliphatic rings. The zero-order valence-electron chi connectivity index (χ0n) is 22.8. The van der Waals surface area contributed by atoms with Gasteiger partial charge in [0.05, 0.1) is 0 Å². The molecule has 0 fully saturated rings. The van der Waals surface area contributed by atoms with Crippen molar-refractivity contribution in [2.24, 2.45) is 0 Å². The van der Waals surface area contributed by atoms with Gasteiger partial charge in [0.15, 0.2) is 0 Å². The van der Waals surface area contributed by atoms with Gasteiger partial charge in [0.2, 0.25) is 0 Å². The molecule has 0 rings (SSSR count). The molecule has 0 saturated heterocycles. The molecule has 0 saturated carbocycles. The fourth-order valence-corrected chi connectivity index (χ4v) is 4.53. The Kier molecular flexibility index (Phi) is 30.9. The standard InChI is InChI=1S/C32H62O/c1-2-3-4-5-6-7-8-9-10-11-12-13-14-15-16-17-18-19-20-21-22-23-24-25-26-27-28-29-30-31-32-33/h9-10,18-19,33H,2-8,11-17,20-32H2,1H3. The normalized spacial score (nSPS) is 11.9. The van der Waals surface area contributed by atoms with Crippen LogP contribution in [0.5, 0.6) is 0 Å². The van der Waals surface area contributed by atoms with Crippen LogP contribution in [0.1, 0.15) is 174 Å². The van der Waals surface area contributed by atoms with Gasteiger partial charge in [-0.15, -0.1) is 0 Å². The highest BCUT2D eigenvalue weighted by molar-refractivity contribution is 4.82. The Morgan fingerprint density at radius 3 is 0.848 bits per heavy atom. The summed E-state index contributed by atoms with van der Waals surface area (Å²) in [6.07, 6.45) is 45.1. The van der Waals surface area contributed by atoms with E-state index in [-0.39, 0.29) is 0 Å². The average molecular weight is 463 g/mol. The lowest BCUT2D eigenvalue weighted by Gasteiger charge is -2.02. The molecule has 1 nitrogen and oxygen atoms in total. The van der Waals surface area contributed by atoms with E-state index in [9.17, 15) is 0 Å². The molecule has 0 aromatic rings. The molecular weight excluding hydrogens is 400 g/mol. The number of aliphatic hydroxyl groups is 1. The molecule has 0 spiro atoms. The molecule has 0 aromatic carbocycles. The number of hydrogen-bond acceptors (Lipinski definition) is 1. The van der Waals surface area contributed by atoms with Crippen molar-refractivity contribution in [1.29, 1.82) is 0 Å². The lowest BCUT2D eigenvalue weighted by atomic mass is 10.0. The molecule has 1 heteroatoms. The monoisotopic (exact) mass is 462 g/mol. The second-order valence-corrected chi connectivity index (χ2v) is 10.2. The first-order chi connectivity index (χ1) is 16.4. The minimum absolute atomic E-state index is 0.368. The van der Waals surface area contributed by atoms with Gasteiger partial charge in [-0.25, -0.2) is 0 Å². The molecule has 0 heterocycles. The maximum absolute atomic E-state index is 8.76. The third-order valence-corrected chi connectivity index (χ3v) is 6.83. The molecule has 0 amide bonds. The number of aliphatic hydroxyl groups excluding tert-OH is 1. The van der Waals surface area contributed by atoms with Crippen molar-refractivity contribution in [3.05, 3.63) is 24.3 Å². The molecule has 0 aliphatic heterocycles. The zero-order chi connectivity index (χ0) is 23.9. The van der Waals surface area contributed by atoms with Gasteiger partial charge in [0.25, 0.3) is 0 Å². The molecule has 0 aromatic heterocycles. The van der Waals surface area contributed by atoms with E-state index >= 15 is 0 Å². The molecule has 196 valence electrons. The van der Waals surface area contributed by atoms with Crippen molar-refractivity contribution in [1.82, 2.24) is 0 Å². The van der Waals surface area contributed by atoms with Crippen molar-refractivity contribution < 1.29 is 5.11 Å². The van der Waals surface area contributed by atoms with E-state index < -0.39 is 0 Å². The van der Waals surface area contributed by atoms with Crippen molar-refractivity contribution in [2.75, 3.05) is 6.61 Å². The summed E-state index contributed by atoms with van der Waals surface area (Å²) in [6.45, 7) is 2.66. The van der Waals surface area contributed by atoms with Crippen LogP contribution in [0, 0.1) is 0 Å². The van der Waals surface area contributed by atoms with Gasteiger partial charge >= 0.3 is 0 Å². The molecular formula is C32H62O. The Bertz CT molecular complexity index is 384. The van der Waals surface area contributed by atoms with Crippen molar-refractivity contribution in [2.45, 2.75) is 174 Å². The highest BCUT2D eigenvalue weighted by Crippen LogP contribution is 2.13. The summed E-state index contributed by atoms with van der Waals surface area (Å²) in [6, 6.07) is 0. The van der Waals surface area contributed by atoms with Gasteiger partial charge in [-0.3, -0.25) is 0 Å². The van der Waals surface area contributed by atoms with E-state index in [1.807, 2.05) is 0 Å². The van der Waals surface area contributed by atoms with E-state index in [1.165, 1.54) is 161 Å². The third-order valence-electron chi connectivity index (χ3n) is 6.83. The predicted octanol–water partition coefficient (Wildman–Crippen LogP) is 11.3. The predicted molar refractivity (Wildman–Crippen MR) is 151 cm³/mol. The van der Waals surface area contributed by atoms with Crippen LogP contribution in [0.2, 0.25) is 0 Å². The first kappa shape index (κ1) is 32.4. The quantitative estimate of drug-likeness (QED) is 0.0905. The first-order valence-electron chi connectivity index (χ1n) is 15.3. The molecule has 0 aliphatic carbocycles. The molecule has 0 radical (unpaired) electrons. The summed E-state index contributed by atoms with van der Waals surface area (Å²) in [4.78, 5) is 0. The Balaban J connectivity index is 3.12. The third kappa shape index (κ3) is 31.4. The van der Waals surface area contributed by atoms with Crippen LogP contribution < -0.4 is 0 Å². The molecule has 0 atom stereocenters. The van der Waals surface area contributed by atoms with Crippen molar-refractivity contribution in [3.63, 3.8) is 0 Å². The average Bonchev–Trinajstić information content (AvgIpc) is 2.83. The fraction of sp³-hybridized carbons (Fsp3) is 0.875. The first-order valence-corrected chi connectivity index (χ1v) is 15.3. The van der Waals surface area contributed by atoms with Gasteiger partial charge < -0.3 is 5.11 Å². The van der Waals surface area contributed by atoms with Crippen LogP contribution in [-0.2, 0) is 0 Å². The summed E-state index contributed by atoms with van der Waals surface area (Å²) >= 11 is 0. The van der Waals surface area contributed by atoms with Crippen LogP contribution in [0.4, 0.5) is 0 Å². The second kappa shape index (κ2) is 31.4. The van der Waals surface area contributed by atoms with Crippen molar-refractivity contribution in [3.8, 4) is 0 Å².